The molecule has 0 bridgehead atoms. The SMILES string of the molecule is COc1nc(-c2ccnc(-c3cccc(Nc4nccc(CNCC(C)O)c4F)c3Cl)c2Cl)cc(F)c1CNCC1CCC(=O)N1. The number of nitrogens with zero attached hydrogens (tertiary/aromatic N) is 3. The van der Waals surface area contributed by atoms with Gasteiger partial charge in [0.05, 0.1) is 45.9 Å². The number of anilines is 2. The maximum absolute atomic E-state index is 15.4. The van der Waals surface area contributed by atoms with Crippen molar-refractivity contribution in [2.75, 3.05) is 25.5 Å². The lowest BCUT2D eigenvalue weighted by Gasteiger charge is -2.16. The van der Waals surface area contributed by atoms with E-state index in [1.165, 1.54) is 25.6 Å². The number of halogens is 4. The molecule has 0 aliphatic carbocycles. The Hall–Kier alpha value is -3.94. The number of rotatable bonds is 13. The van der Waals surface area contributed by atoms with E-state index in [1.54, 1.807) is 37.3 Å². The molecule has 2 unspecified atom stereocenters. The Morgan fingerprint density at radius 3 is 2.63 bits per heavy atom. The number of methoxy groups -OCH3 is 1. The molecule has 0 spiro atoms. The highest BCUT2D eigenvalue weighted by Crippen LogP contribution is 2.41. The minimum absolute atomic E-state index is 0.00694. The van der Waals surface area contributed by atoms with Crippen molar-refractivity contribution in [1.82, 2.24) is 30.9 Å². The lowest BCUT2D eigenvalue weighted by Crippen LogP contribution is -2.35. The Bertz CT molecular complexity index is 1730. The van der Waals surface area contributed by atoms with Crippen molar-refractivity contribution in [1.29, 1.82) is 0 Å². The van der Waals surface area contributed by atoms with Gasteiger partial charge in [0.2, 0.25) is 11.8 Å². The van der Waals surface area contributed by atoms with E-state index in [9.17, 15) is 9.90 Å². The van der Waals surface area contributed by atoms with Gasteiger partial charge in [-0.1, -0.05) is 35.3 Å². The topological polar surface area (TPSA) is 133 Å². The van der Waals surface area contributed by atoms with E-state index >= 15 is 8.78 Å². The molecule has 46 heavy (non-hydrogen) atoms. The minimum Gasteiger partial charge on any atom is -0.481 e. The van der Waals surface area contributed by atoms with E-state index in [0.29, 0.717) is 47.6 Å². The van der Waals surface area contributed by atoms with E-state index < -0.39 is 17.7 Å². The number of amides is 1. The molecular weight excluding hydrogens is 639 g/mol. The Kier molecular flexibility index (Phi) is 11.0. The van der Waals surface area contributed by atoms with Gasteiger partial charge < -0.3 is 31.1 Å². The van der Waals surface area contributed by atoms with Gasteiger partial charge in [-0.15, -0.1) is 0 Å². The minimum atomic E-state index is -0.569. The number of hydrogen-bond acceptors (Lipinski definition) is 9. The molecule has 3 aromatic heterocycles. The first-order valence-electron chi connectivity index (χ1n) is 14.6. The summed E-state index contributed by atoms with van der Waals surface area (Å²) >= 11 is 13.6. The van der Waals surface area contributed by atoms with E-state index in [2.05, 4.69) is 36.2 Å². The van der Waals surface area contributed by atoms with E-state index in [4.69, 9.17) is 27.9 Å². The molecule has 1 amide bonds. The Balaban J connectivity index is 1.38. The van der Waals surface area contributed by atoms with Crippen LogP contribution < -0.4 is 26.0 Å². The zero-order valence-electron chi connectivity index (χ0n) is 25.1. The summed E-state index contributed by atoms with van der Waals surface area (Å²) in [6, 6.07) is 9.51. The molecule has 4 heterocycles. The molecule has 0 radical (unpaired) electrons. The van der Waals surface area contributed by atoms with Gasteiger partial charge in [0, 0.05) is 73.8 Å². The Morgan fingerprint density at radius 1 is 1.09 bits per heavy atom. The second-order valence-electron chi connectivity index (χ2n) is 10.8. The fourth-order valence-electron chi connectivity index (χ4n) is 5.08. The van der Waals surface area contributed by atoms with Crippen molar-refractivity contribution in [2.45, 2.75) is 45.0 Å². The largest absolute Gasteiger partial charge is 0.481 e. The van der Waals surface area contributed by atoms with Crippen molar-refractivity contribution >= 4 is 40.6 Å². The number of nitrogens with one attached hydrogen (secondary N) is 4. The molecule has 242 valence electrons. The van der Waals surface area contributed by atoms with Crippen LogP contribution in [0.15, 0.2) is 48.8 Å². The predicted molar refractivity (Wildman–Crippen MR) is 173 cm³/mol. The molecule has 1 fully saturated rings. The molecule has 2 atom stereocenters. The molecule has 4 aromatic rings. The van der Waals surface area contributed by atoms with Gasteiger partial charge in [-0.05, 0) is 31.5 Å². The number of aliphatic hydroxyl groups excluding tert-OH is 1. The van der Waals surface area contributed by atoms with Gasteiger partial charge in [-0.3, -0.25) is 9.78 Å². The Morgan fingerprint density at radius 2 is 1.89 bits per heavy atom. The van der Waals surface area contributed by atoms with Crippen LogP contribution in [0, 0.1) is 11.6 Å². The van der Waals surface area contributed by atoms with Gasteiger partial charge in [0.1, 0.15) is 5.82 Å². The first kappa shape index (κ1) is 33.4. The summed E-state index contributed by atoms with van der Waals surface area (Å²) in [5.41, 5.74) is 2.35. The van der Waals surface area contributed by atoms with E-state index in [-0.39, 0.29) is 58.0 Å². The molecule has 5 N–H and O–H groups in total. The highest BCUT2D eigenvalue weighted by atomic mass is 35.5. The number of aromatic nitrogens is 3. The van der Waals surface area contributed by atoms with Crippen molar-refractivity contribution in [3.05, 3.63) is 81.6 Å². The summed E-state index contributed by atoms with van der Waals surface area (Å²) in [6.45, 7) is 2.78. The van der Waals surface area contributed by atoms with Crippen LogP contribution in [-0.2, 0) is 17.9 Å². The predicted octanol–water partition coefficient (Wildman–Crippen LogP) is 5.38. The molecule has 10 nitrogen and oxygen atoms in total. The highest BCUT2D eigenvalue weighted by molar-refractivity contribution is 6.39. The van der Waals surface area contributed by atoms with Gasteiger partial charge in [-0.25, -0.2) is 18.7 Å². The molecule has 1 aliphatic rings. The Labute approximate surface area is 274 Å². The van der Waals surface area contributed by atoms with E-state index in [0.717, 1.165) is 6.42 Å². The second-order valence-corrected chi connectivity index (χ2v) is 11.6. The molecular formula is C32H33Cl2F2N7O3. The van der Waals surface area contributed by atoms with Crippen LogP contribution in [0.1, 0.15) is 30.9 Å². The lowest BCUT2D eigenvalue weighted by atomic mass is 10.0. The summed E-state index contributed by atoms with van der Waals surface area (Å²) in [4.78, 5) is 24.5. The fourth-order valence-corrected chi connectivity index (χ4v) is 5.65. The van der Waals surface area contributed by atoms with Crippen molar-refractivity contribution in [3.8, 4) is 28.4 Å². The molecule has 0 saturated carbocycles. The van der Waals surface area contributed by atoms with E-state index in [1.807, 2.05) is 0 Å². The zero-order valence-corrected chi connectivity index (χ0v) is 26.6. The summed E-state index contributed by atoms with van der Waals surface area (Å²) in [6.07, 6.45) is 3.62. The number of hydrogen-bond donors (Lipinski definition) is 5. The van der Waals surface area contributed by atoms with Gasteiger partial charge >= 0.3 is 0 Å². The third kappa shape index (κ3) is 7.71. The van der Waals surface area contributed by atoms with Gasteiger partial charge in [-0.2, -0.15) is 0 Å². The average molecular weight is 673 g/mol. The summed E-state index contributed by atoms with van der Waals surface area (Å²) < 4.78 is 36.1. The third-order valence-corrected chi connectivity index (χ3v) is 8.19. The van der Waals surface area contributed by atoms with Crippen LogP contribution in [-0.4, -0.2) is 58.3 Å². The molecule has 14 heteroatoms. The quantitative estimate of drug-likeness (QED) is 0.127. The first-order chi connectivity index (χ1) is 22.2. The van der Waals surface area contributed by atoms with Crippen molar-refractivity contribution < 1.29 is 23.4 Å². The third-order valence-electron chi connectivity index (χ3n) is 7.40. The van der Waals surface area contributed by atoms with Crippen LogP contribution in [0.5, 0.6) is 5.88 Å². The van der Waals surface area contributed by atoms with Crippen molar-refractivity contribution in [2.24, 2.45) is 0 Å². The van der Waals surface area contributed by atoms with Gasteiger partial charge in [0.25, 0.3) is 0 Å². The number of carbonyl (C=O) groups excluding carboxylic acids is 1. The van der Waals surface area contributed by atoms with Crippen molar-refractivity contribution in [3.63, 3.8) is 0 Å². The van der Waals surface area contributed by atoms with Crippen LogP contribution in [0.25, 0.3) is 22.5 Å². The number of ether oxygens (including phenoxy) is 1. The molecule has 1 aromatic carbocycles. The normalized spacial score (nSPS) is 15.1. The second kappa shape index (κ2) is 15.1. The van der Waals surface area contributed by atoms with Gasteiger partial charge in [0.15, 0.2) is 11.6 Å². The summed E-state index contributed by atoms with van der Waals surface area (Å²) in [5.74, 6) is -1.03. The molecule has 1 saturated heterocycles. The van der Waals surface area contributed by atoms with Crippen LogP contribution in [0.2, 0.25) is 10.0 Å². The number of pyridine rings is 3. The lowest BCUT2D eigenvalue weighted by molar-refractivity contribution is -0.119. The smallest absolute Gasteiger partial charge is 0.221 e. The molecule has 5 rings (SSSR count). The summed E-state index contributed by atoms with van der Waals surface area (Å²) in [7, 11) is 1.41. The highest BCUT2D eigenvalue weighted by Gasteiger charge is 2.23. The number of carbonyl (C=O) groups is 1. The zero-order chi connectivity index (χ0) is 32.8. The molecule has 1 aliphatic heterocycles. The van der Waals surface area contributed by atoms with Crippen LogP contribution in [0.4, 0.5) is 20.3 Å². The maximum atomic E-state index is 15.4. The maximum Gasteiger partial charge on any atom is 0.221 e. The fraction of sp³-hybridized carbons (Fsp3) is 0.312. The monoisotopic (exact) mass is 671 g/mol. The standard InChI is InChI=1S/C32H33Cl2F2N7O3/c1-17(44)13-37-14-18-8-10-40-31(29(18)36)42-24-5-3-4-21(27(24)33)30-28(34)20(9-11-39-30)25-12-23(35)22(32(43-25)46-2)16-38-15-19-6-7-26(45)41-19/h3-5,8-12,17,19,37-38,44H,6-7,13-16H2,1-2H3,(H,40,42)(H,41,45). The summed E-state index contributed by atoms with van der Waals surface area (Å²) in [5, 5.41) is 21.8. The number of benzene rings is 1. The van der Waals surface area contributed by atoms with Crippen LogP contribution in [0.3, 0.4) is 0 Å². The van der Waals surface area contributed by atoms with Crippen LogP contribution >= 0.6 is 23.2 Å². The number of aliphatic hydroxyl groups is 1. The first-order valence-corrected chi connectivity index (χ1v) is 15.4. The average Bonchev–Trinajstić information content (AvgIpc) is 3.45.